The molecule has 1 saturated heterocycles. The SMILES string of the molecule is COCCCC[C@@](O)(c1cccc(Cl)c1Cc1ccccc1C)[C@@H]1CCCN(C(=O)C2C[C@@H](N)[C@@H](O)C2)C1. The fraction of sp³-hybridized carbons (Fsp3) is 0.581. The van der Waals surface area contributed by atoms with E-state index in [1.807, 2.05) is 35.2 Å². The van der Waals surface area contributed by atoms with Crippen molar-refractivity contribution in [2.75, 3.05) is 26.8 Å². The highest BCUT2D eigenvalue weighted by Gasteiger charge is 2.44. The summed E-state index contributed by atoms with van der Waals surface area (Å²) in [6.07, 6.45) is 4.80. The summed E-state index contributed by atoms with van der Waals surface area (Å²) in [4.78, 5) is 15.3. The normalized spacial score (nSPS) is 25.4. The van der Waals surface area contributed by atoms with Crippen molar-refractivity contribution in [3.05, 3.63) is 69.7 Å². The minimum Gasteiger partial charge on any atom is -0.391 e. The summed E-state index contributed by atoms with van der Waals surface area (Å²) in [5.74, 6) is -0.331. The molecule has 0 spiro atoms. The highest BCUT2D eigenvalue weighted by molar-refractivity contribution is 6.31. The Labute approximate surface area is 232 Å². The van der Waals surface area contributed by atoms with E-state index < -0.39 is 11.7 Å². The first-order valence-electron chi connectivity index (χ1n) is 14.0. The topological polar surface area (TPSA) is 96.0 Å². The minimum atomic E-state index is -1.14. The zero-order valence-corrected chi connectivity index (χ0v) is 23.5. The number of carbonyl (C=O) groups excluding carboxylic acids is 1. The molecule has 2 aliphatic rings. The van der Waals surface area contributed by atoms with Gasteiger partial charge in [0.25, 0.3) is 0 Å². The van der Waals surface area contributed by atoms with E-state index in [9.17, 15) is 15.0 Å². The zero-order chi connectivity index (χ0) is 27.3. The van der Waals surface area contributed by atoms with E-state index in [4.69, 9.17) is 22.1 Å². The van der Waals surface area contributed by atoms with Crippen molar-refractivity contribution >= 4 is 17.5 Å². The predicted molar refractivity (Wildman–Crippen MR) is 151 cm³/mol. The Bertz CT molecular complexity index is 1090. The lowest BCUT2D eigenvalue weighted by atomic mass is 9.72. The maximum Gasteiger partial charge on any atom is 0.225 e. The summed E-state index contributed by atoms with van der Waals surface area (Å²) in [6, 6.07) is 13.8. The van der Waals surface area contributed by atoms with Crippen molar-refractivity contribution in [3.8, 4) is 0 Å². The van der Waals surface area contributed by atoms with Crippen LogP contribution in [0, 0.1) is 18.8 Å². The molecule has 4 N–H and O–H groups in total. The average molecular weight is 543 g/mol. The molecule has 1 amide bonds. The molecule has 7 heteroatoms. The monoisotopic (exact) mass is 542 g/mol. The van der Waals surface area contributed by atoms with Crippen molar-refractivity contribution in [1.82, 2.24) is 4.90 Å². The van der Waals surface area contributed by atoms with Gasteiger partial charge in [0, 0.05) is 49.7 Å². The Morgan fingerprint density at radius 2 is 1.97 bits per heavy atom. The summed E-state index contributed by atoms with van der Waals surface area (Å²) in [6.45, 7) is 3.89. The molecule has 6 nitrogen and oxygen atoms in total. The molecule has 0 aromatic heterocycles. The van der Waals surface area contributed by atoms with Gasteiger partial charge in [0.2, 0.25) is 5.91 Å². The van der Waals surface area contributed by atoms with Crippen molar-refractivity contribution in [3.63, 3.8) is 0 Å². The second-order valence-electron chi connectivity index (χ2n) is 11.3. The van der Waals surface area contributed by atoms with Crippen LogP contribution < -0.4 is 5.73 Å². The third-order valence-corrected chi connectivity index (χ3v) is 9.06. The van der Waals surface area contributed by atoms with E-state index >= 15 is 0 Å². The van der Waals surface area contributed by atoms with Crippen LogP contribution in [0.4, 0.5) is 0 Å². The number of rotatable bonds is 10. The number of nitrogens with zero attached hydrogens (tertiary/aromatic N) is 1. The minimum absolute atomic E-state index is 0.0506. The molecule has 5 atom stereocenters. The molecule has 4 rings (SSSR count). The van der Waals surface area contributed by atoms with Gasteiger partial charge in [-0.1, -0.05) is 48.0 Å². The first-order valence-corrected chi connectivity index (χ1v) is 14.4. The van der Waals surface area contributed by atoms with Gasteiger partial charge in [0.15, 0.2) is 0 Å². The average Bonchev–Trinajstić information content (AvgIpc) is 3.26. The van der Waals surface area contributed by atoms with Crippen LogP contribution >= 0.6 is 11.6 Å². The molecule has 2 aromatic carbocycles. The Morgan fingerprint density at radius 3 is 2.68 bits per heavy atom. The number of carbonyl (C=O) groups is 1. The molecule has 38 heavy (non-hydrogen) atoms. The third-order valence-electron chi connectivity index (χ3n) is 8.70. The number of ether oxygens (including phenoxy) is 1. The molecule has 0 radical (unpaired) electrons. The lowest BCUT2D eigenvalue weighted by molar-refractivity contribution is -0.141. The molecule has 1 saturated carbocycles. The Balaban J connectivity index is 1.65. The number of hydrogen-bond donors (Lipinski definition) is 3. The van der Waals surface area contributed by atoms with Crippen molar-refractivity contribution < 1.29 is 19.7 Å². The molecule has 208 valence electrons. The number of aryl methyl sites for hydroxylation is 1. The quantitative estimate of drug-likeness (QED) is 0.382. The van der Waals surface area contributed by atoms with Gasteiger partial charge in [-0.2, -0.15) is 0 Å². The first-order chi connectivity index (χ1) is 18.2. The van der Waals surface area contributed by atoms with Gasteiger partial charge in [-0.15, -0.1) is 0 Å². The summed E-state index contributed by atoms with van der Waals surface area (Å²) < 4.78 is 5.28. The summed E-state index contributed by atoms with van der Waals surface area (Å²) in [7, 11) is 1.69. The first kappa shape index (κ1) is 29.0. The van der Waals surface area contributed by atoms with E-state index in [1.165, 1.54) is 11.1 Å². The summed E-state index contributed by atoms with van der Waals surface area (Å²) >= 11 is 6.82. The van der Waals surface area contributed by atoms with E-state index in [0.29, 0.717) is 50.4 Å². The summed E-state index contributed by atoms with van der Waals surface area (Å²) in [5.41, 5.74) is 9.05. The second kappa shape index (κ2) is 12.9. The molecular formula is C31H43ClN2O4. The second-order valence-corrected chi connectivity index (χ2v) is 11.7. The standard InChI is InChI=1S/C31H43ClN2O4/c1-21-9-3-4-10-22(21)17-25-26(12-7-13-27(25)32)31(37,14-5-6-16-38-2)24-11-8-15-34(20-24)30(36)23-18-28(33)29(35)19-23/h3-4,7,9-10,12-13,23-24,28-29,35,37H,5-6,8,11,14-20,33H2,1-2H3/t23?,24-,28-,29+,31+/m1/s1. The van der Waals surface area contributed by atoms with Crippen LogP contribution in [0.3, 0.4) is 0 Å². The van der Waals surface area contributed by atoms with Crippen LogP contribution in [-0.4, -0.2) is 60.0 Å². The Kier molecular flexibility index (Phi) is 9.88. The largest absolute Gasteiger partial charge is 0.391 e. The molecule has 1 aliphatic heterocycles. The Morgan fingerprint density at radius 1 is 1.18 bits per heavy atom. The van der Waals surface area contributed by atoms with Crippen molar-refractivity contribution in [2.24, 2.45) is 17.6 Å². The number of methoxy groups -OCH3 is 1. The predicted octanol–water partition coefficient (Wildman–Crippen LogP) is 4.58. The number of likely N-dealkylation sites (tertiary alicyclic amines) is 1. The van der Waals surface area contributed by atoms with Gasteiger partial charge in [0.05, 0.1) is 11.7 Å². The zero-order valence-electron chi connectivity index (χ0n) is 22.7. The van der Waals surface area contributed by atoms with Gasteiger partial charge in [-0.05, 0) is 86.6 Å². The molecule has 2 aromatic rings. The van der Waals surface area contributed by atoms with Crippen molar-refractivity contribution in [1.29, 1.82) is 0 Å². The molecule has 1 unspecified atom stereocenters. The number of halogens is 1. The Hall–Kier alpha value is -1.96. The fourth-order valence-corrected chi connectivity index (χ4v) is 6.66. The van der Waals surface area contributed by atoms with Gasteiger partial charge >= 0.3 is 0 Å². The number of amides is 1. The number of benzene rings is 2. The molecule has 2 fully saturated rings. The van der Waals surface area contributed by atoms with E-state index in [1.54, 1.807) is 7.11 Å². The number of unbranched alkanes of at least 4 members (excludes halogenated alkanes) is 1. The van der Waals surface area contributed by atoms with Gasteiger partial charge in [-0.3, -0.25) is 4.79 Å². The third kappa shape index (κ3) is 6.43. The maximum absolute atomic E-state index is 13.4. The van der Waals surface area contributed by atoms with E-state index in [-0.39, 0.29) is 23.8 Å². The maximum atomic E-state index is 13.4. The van der Waals surface area contributed by atoms with Gasteiger partial charge in [0.1, 0.15) is 0 Å². The van der Waals surface area contributed by atoms with E-state index in [0.717, 1.165) is 36.8 Å². The number of nitrogens with two attached hydrogens (primary N) is 1. The van der Waals surface area contributed by atoms with Crippen molar-refractivity contribution in [2.45, 2.75) is 76.0 Å². The fourth-order valence-electron chi connectivity index (χ4n) is 6.42. The molecule has 1 aliphatic carbocycles. The molecule has 1 heterocycles. The molecule has 0 bridgehead atoms. The highest BCUT2D eigenvalue weighted by Crippen LogP contribution is 2.43. The van der Waals surface area contributed by atoms with E-state index in [2.05, 4.69) is 19.1 Å². The van der Waals surface area contributed by atoms with Crippen LogP contribution in [0.25, 0.3) is 0 Å². The highest BCUT2D eigenvalue weighted by atomic mass is 35.5. The van der Waals surface area contributed by atoms with Gasteiger partial charge in [-0.25, -0.2) is 0 Å². The molecular weight excluding hydrogens is 500 g/mol. The lowest BCUT2D eigenvalue weighted by Crippen LogP contribution is -2.49. The number of aliphatic hydroxyl groups is 2. The number of aliphatic hydroxyl groups excluding tert-OH is 1. The number of hydrogen-bond acceptors (Lipinski definition) is 5. The lowest BCUT2D eigenvalue weighted by Gasteiger charge is -2.44. The summed E-state index contributed by atoms with van der Waals surface area (Å²) in [5, 5.41) is 23.4. The van der Waals surface area contributed by atoms with Crippen LogP contribution in [0.15, 0.2) is 42.5 Å². The smallest absolute Gasteiger partial charge is 0.225 e. The van der Waals surface area contributed by atoms with Crippen LogP contribution in [0.1, 0.15) is 67.2 Å². The van der Waals surface area contributed by atoms with Crippen LogP contribution in [0.2, 0.25) is 5.02 Å². The number of piperidine rings is 1. The van der Waals surface area contributed by atoms with Crippen LogP contribution in [-0.2, 0) is 21.6 Å². The van der Waals surface area contributed by atoms with Gasteiger partial charge < -0.3 is 25.6 Å². The van der Waals surface area contributed by atoms with Crippen LogP contribution in [0.5, 0.6) is 0 Å².